The predicted octanol–water partition coefficient (Wildman–Crippen LogP) is -0.423. The summed E-state index contributed by atoms with van der Waals surface area (Å²) in [4.78, 5) is 21.6. The highest BCUT2D eigenvalue weighted by molar-refractivity contribution is 5.82. The SMILES string of the molecule is CC(C)(C)[C@H](N)C(=O)NCCOCC(=O)O. The second-order valence-electron chi connectivity index (χ2n) is 4.58. The maximum Gasteiger partial charge on any atom is 0.329 e. The van der Waals surface area contributed by atoms with Crippen LogP contribution in [0.15, 0.2) is 0 Å². The summed E-state index contributed by atoms with van der Waals surface area (Å²) in [7, 11) is 0. The van der Waals surface area contributed by atoms with Crippen LogP contribution in [0.1, 0.15) is 20.8 Å². The fraction of sp³-hybridized carbons (Fsp3) is 0.800. The van der Waals surface area contributed by atoms with E-state index in [4.69, 9.17) is 15.6 Å². The van der Waals surface area contributed by atoms with E-state index < -0.39 is 12.0 Å². The van der Waals surface area contributed by atoms with E-state index in [0.29, 0.717) is 0 Å². The average Bonchev–Trinajstić information content (AvgIpc) is 2.13. The summed E-state index contributed by atoms with van der Waals surface area (Å²) in [6, 6.07) is -0.591. The van der Waals surface area contributed by atoms with Crippen LogP contribution in [0.5, 0.6) is 0 Å². The molecular formula is C10H20N2O4. The van der Waals surface area contributed by atoms with Crippen LogP contribution < -0.4 is 11.1 Å². The van der Waals surface area contributed by atoms with Crippen molar-refractivity contribution in [2.75, 3.05) is 19.8 Å². The smallest absolute Gasteiger partial charge is 0.329 e. The van der Waals surface area contributed by atoms with Gasteiger partial charge in [0.25, 0.3) is 0 Å². The van der Waals surface area contributed by atoms with Crippen LogP contribution in [-0.4, -0.2) is 42.8 Å². The first-order valence-corrected chi connectivity index (χ1v) is 5.08. The van der Waals surface area contributed by atoms with Gasteiger partial charge in [-0.25, -0.2) is 4.79 Å². The number of ether oxygens (including phenoxy) is 1. The number of amides is 1. The summed E-state index contributed by atoms with van der Waals surface area (Å²) < 4.78 is 4.76. The van der Waals surface area contributed by atoms with Crippen molar-refractivity contribution in [3.8, 4) is 0 Å². The molecule has 0 heterocycles. The van der Waals surface area contributed by atoms with Crippen molar-refractivity contribution in [3.05, 3.63) is 0 Å². The quantitative estimate of drug-likeness (QED) is 0.540. The van der Waals surface area contributed by atoms with Crippen molar-refractivity contribution in [2.24, 2.45) is 11.1 Å². The molecule has 0 aliphatic rings. The van der Waals surface area contributed by atoms with Gasteiger partial charge in [-0.05, 0) is 5.41 Å². The van der Waals surface area contributed by atoms with Crippen LogP contribution >= 0.6 is 0 Å². The lowest BCUT2D eigenvalue weighted by molar-refractivity contribution is -0.142. The molecule has 0 aliphatic heterocycles. The molecule has 0 radical (unpaired) electrons. The van der Waals surface area contributed by atoms with Crippen molar-refractivity contribution in [3.63, 3.8) is 0 Å². The summed E-state index contributed by atoms with van der Waals surface area (Å²) in [5.41, 5.74) is 5.41. The molecule has 0 saturated heterocycles. The zero-order chi connectivity index (χ0) is 12.8. The molecule has 0 aromatic rings. The minimum Gasteiger partial charge on any atom is -0.480 e. The third kappa shape index (κ3) is 6.36. The lowest BCUT2D eigenvalue weighted by Crippen LogP contribution is -2.49. The van der Waals surface area contributed by atoms with Crippen LogP contribution in [-0.2, 0) is 14.3 Å². The van der Waals surface area contributed by atoms with Gasteiger partial charge in [0.05, 0.1) is 12.6 Å². The van der Waals surface area contributed by atoms with Gasteiger partial charge in [0.1, 0.15) is 6.61 Å². The number of nitrogens with two attached hydrogens (primary N) is 1. The van der Waals surface area contributed by atoms with E-state index >= 15 is 0 Å². The minimum atomic E-state index is -1.03. The first kappa shape index (κ1) is 14.9. The number of carbonyl (C=O) groups is 2. The van der Waals surface area contributed by atoms with E-state index in [1.807, 2.05) is 20.8 Å². The molecule has 16 heavy (non-hydrogen) atoms. The molecule has 0 spiro atoms. The standard InChI is InChI=1S/C10H20N2O4/c1-10(2,3)8(11)9(15)12-4-5-16-6-7(13)14/h8H,4-6,11H2,1-3H3,(H,12,15)(H,13,14)/t8-/m1/s1. The summed E-state index contributed by atoms with van der Waals surface area (Å²) in [6.07, 6.45) is 0. The number of nitrogens with one attached hydrogen (secondary N) is 1. The van der Waals surface area contributed by atoms with Gasteiger partial charge < -0.3 is 20.9 Å². The van der Waals surface area contributed by atoms with Crippen molar-refractivity contribution >= 4 is 11.9 Å². The molecule has 0 aliphatic carbocycles. The normalized spacial score (nSPS) is 13.2. The Kier molecular flexibility index (Phi) is 5.98. The fourth-order valence-electron chi connectivity index (χ4n) is 0.909. The lowest BCUT2D eigenvalue weighted by atomic mass is 9.87. The maximum absolute atomic E-state index is 11.5. The molecule has 6 heteroatoms. The van der Waals surface area contributed by atoms with Gasteiger partial charge in [0, 0.05) is 6.54 Å². The Balaban J connectivity index is 3.70. The number of carboxylic acids is 1. The Morgan fingerprint density at radius 3 is 2.44 bits per heavy atom. The Bertz CT molecular complexity index is 248. The Morgan fingerprint density at radius 2 is 2.00 bits per heavy atom. The van der Waals surface area contributed by atoms with Gasteiger partial charge in [0.15, 0.2) is 0 Å². The summed E-state index contributed by atoms with van der Waals surface area (Å²) in [5, 5.41) is 10.9. The molecule has 0 unspecified atom stereocenters. The highest BCUT2D eigenvalue weighted by Crippen LogP contribution is 2.16. The molecule has 0 saturated carbocycles. The van der Waals surface area contributed by atoms with E-state index in [0.717, 1.165) is 0 Å². The number of rotatable bonds is 6. The topological polar surface area (TPSA) is 102 Å². The Hall–Kier alpha value is -1.14. The number of hydrogen-bond donors (Lipinski definition) is 3. The van der Waals surface area contributed by atoms with Crippen LogP contribution in [0.4, 0.5) is 0 Å². The van der Waals surface area contributed by atoms with Gasteiger partial charge in [-0.3, -0.25) is 4.79 Å². The first-order chi connectivity index (χ1) is 7.25. The largest absolute Gasteiger partial charge is 0.480 e. The first-order valence-electron chi connectivity index (χ1n) is 5.08. The molecular weight excluding hydrogens is 212 g/mol. The van der Waals surface area contributed by atoms with Crippen LogP contribution in [0.25, 0.3) is 0 Å². The fourth-order valence-corrected chi connectivity index (χ4v) is 0.909. The van der Waals surface area contributed by atoms with E-state index in [9.17, 15) is 9.59 Å². The molecule has 1 amide bonds. The van der Waals surface area contributed by atoms with Crippen molar-refractivity contribution in [1.82, 2.24) is 5.32 Å². The van der Waals surface area contributed by atoms with Crippen molar-refractivity contribution in [1.29, 1.82) is 0 Å². The lowest BCUT2D eigenvalue weighted by Gasteiger charge is -2.25. The van der Waals surface area contributed by atoms with Gasteiger partial charge in [0.2, 0.25) is 5.91 Å². The second kappa shape index (κ2) is 6.44. The third-order valence-electron chi connectivity index (χ3n) is 1.99. The van der Waals surface area contributed by atoms with Crippen LogP contribution in [0, 0.1) is 5.41 Å². The molecule has 0 aromatic carbocycles. The third-order valence-corrected chi connectivity index (χ3v) is 1.99. The molecule has 0 aromatic heterocycles. The van der Waals surface area contributed by atoms with E-state index in [2.05, 4.69) is 5.32 Å². The molecule has 0 rings (SSSR count). The predicted molar refractivity (Wildman–Crippen MR) is 58.9 cm³/mol. The molecule has 6 nitrogen and oxygen atoms in total. The Morgan fingerprint density at radius 1 is 1.44 bits per heavy atom. The van der Waals surface area contributed by atoms with E-state index in [1.165, 1.54) is 0 Å². The van der Waals surface area contributed by atoms with E-state index in [-0.39, 0.29) is 31.1 Å². The van der Waals surface area contributed by atoms with Gasteiger partial charge in [-0.15, -0.1) is 0 Å². The molecule has 1 atom stereocenters. The van der Waals surface area contributed by atoms with Crippen molar-refractivity contribution in [2.45, 2.75) is 26.8 Å². The monoisotopic (exact) mass is 232 g/mol. The summed E-state index contributed by atoms with van der Waals surface area (Å²) >= 11 is 0. The zero-order valence-corrected chi connectivity index (χ0v) is 9.95. The maximum atomic E-state index is 11.5. The van der Waals surface area contributed by atoms with Crippen molar-refractivity contribution < 1.29 is 19.4 Å². The minimum absolute atomic E-state index is 0.162. The number of carbonyl (C=O) groups excluding carboxylic acids is 1. The van der Waals surface area contributed by atoms with Gasteiger partial charge in [-0.1, -0.05) is 20.8 Å². The van der Waals surface area contributed by atoms with Crippen LogP contribution in [0.3, 0.4) is 0 Å². The number of aliphatic carboxylic acids is 1. The second-order valence-corrected chi connectivity index (χ2v) is 4.58. The molecule has 0 fully saturated rings. The summed E-state index contributed by atoms with van der Waals surface area (Å²) in [6.45, 7) is 5.68. The number of hydrogen-bond acceptors (Lipinski definition) is 4. The molecule has 4 N–H and O–H groups in total. The van der Waals surface area contributed by atoms with Gasteiger partial charge >= 0.3 is 5.97 Å². The molecule has 94 valence electrons. The molecule has 0 bridgehead atoms. The average molecular weight is 232 g/mol. The van der Waals surface area contributed by atoms with Gasteiger partial charge in [-0.2, -0.15) is 0 Å². The van der Waals surface area contributed by atoms with Crippen LogP contribution in [0.2, 0.25) is 0 Å². The van der Waals surface area contributed by atoms with E-state index in [1.54, 1.807) is 0 Å². The highest BCUT2D eigenvalue weighted by atomic mass is 16.5. The zero-order valence-electron chi connectivity index (χ0n) is 9.95. The number of carboxylic acid groups (broad SMARTS) is 1. The highest BCUT2D eigenvalue weighted by Gasteiger charge is 2.26. The Labute approximate surface area is 95.1 Å². The summed E-state index contributed by atoms with van der Waals surface area (Å²) in [5.74, 6) is -1.29.